The van der Waals surface area contributed by atoms with Crippen molar-refractivity contribution in [3.8, 4) is 5.75 Å². The predicted molar refractivity (Wildman–Crippen MR) is 103 cm³/mol. The van der Waals surface area contributed by atoms with E-state index < -0.39 is 0 Å². The van der Waals surface area contributed by atoms with Crippen molar-refractivity contribution in [1.82, 2.24) is 9.80 Å². The summed E-state index contributed by atoms with van der Waals surface area (Å²) in [6, 6.07) is 7.54. The molecule has 1 saturated heterocycles. The van der Waals surface area contributed by atoms with Crippen LogP contribution in [-0.4, -0.2) is 61.6 Å². The van der Waals surface area contributed by atoms with Crippen molar-refractivity contribution in [1.29, 1.82) is 0 Å². The van der Waals surface area contributed by atoms with Crippen LogP contribution in [0.15, 0.2) is 41.6 Å². The van der Waals surface area contributed by atoms with Crippen LogP contribution in [0.3, 0.4) is 0 Å². The van der Waals surface area contributed by atoms with Gasteiger partial charge in [-0.2, -0.15) is 0 Å². The maximum Gasteiger partial charge on any atom is 0.276 e. The Morgan fingerprint density at radius 2 is 2.04 bits per heavy atom. The number of nitrogens with zero attached hydrogens (tertiary/aromatic N) is 2. The van der Waals surface area contributed by atoms with Crippen molar-refractivity contribution in [3.63, 3.8) is 0 Å². The van der Waals surface area contributed by atoms with Crippen LogP contribution in [0.25, 0.3) is 6.08 Å². The van der Waals surface area contributed by atoms with Crippen molar-refractivity contribution in [2.24, 2.45) is 0 Å². The molecule has 2 amide bonds. The number of benzene rings is 1. The summed E-state index contributed by atoms with van der Waals surface area (Å²) in [5, 5.41) is 0. The lowest BCUT2D eigenvalue weighted by Gasteiger charge is -2.35. The monoisotopic (exact) mass is 370 g/mol. The van der Waals surface area contributed by atoms with E-state index in [-0.39, 0.29) is 11.8 Å². The van der Waals surface area contributed by atoms with E-state index in [1.807, 2.05) is 48.2 Å². The third-order valence-electron chi connectivity index (χ3n) is 4.84. The number of carbonyl (C=O) groups excluding carboxylic acids is 2. The number of imide groups is 1. The molecule has 27 heavy (non-hydrogen) atoms. The number of amides is 2. The summed E-state index contributed by atoms with van der Waals surface area (Å²) < 4.78 is 10.6. The van der Waals surface area contributed by atoms with E-state index in [9.17, 15) is 9.59 Å². The van der Waals surface area contributed by atoms with Crippen molar-refractivity contribution in [3.05, 3.63) is 47.2 Å². The van der Waals surface area contributed by atoms with Gasteiger partial charge in [-0.1, -0.05) is 25.1 Å². The van der Waals surface area contributed by atoms with E-state index in [2.05, 4.69) is 0 Å². The molecule has 0 bridgehead atoms. The molecule has 144 valence electrons. The van der Waals surface area contributed by atoms with Crippen LogP contribution in [0.5, 0.6) is 5.75 Å². The molecule has 2 aliphatic heterocycles. The van der Waals surface area contributed by atoms with Crippen LogP contribution in [0.4, 0.5) is 0 Å². The van der Waals surface area contributed by atoms with E-state index >= 15 is 0 Å². The normalized spacial score (nSPS) is 18.4. The molecule has 1 fully saturated rings. The number of hydrogen-bond donors (Lipinski definition) is 0. The van der Waals surface area contributed by atoms with E-state index in [1.165, 1.54) is 4.90 Å². The molecule has 0 radical (unpaired) electrons. The van der Waals surface area contributed by atoms with Crippen LogP contribution < -0.4 is 4.74 Å². The standard InChI is InChI=1S/C21H26N2O4/c1-3-17(14-16-6-4-7-18(15-16)26-2)20(24)23-9-5-8-19(21(23)25)22-10-12-27-13-11-22/h4,6-8,14-15H,3,5,9-13H2,1-2H3/b17-14+. The van der Waals surface area contributed by atoms with E-state index in [4.69, 9.17) is 9.47 Å². The largest absolute Gasteiger partial charge is 0.497 e. The number of hydrogen-bond acceptors (Lipinski definition) is 5. The zero-order valence-electron chi connectivity index (χ0n) is 15.9. The molecule has 2 aliphatic rings. The average Bonchev–Trinajstić information content (AvgIpc) is 2.72. The first-order chi connectivity index (χ1) is 13.1. The van der Waals surface area contributed by atoms with E-state index in [1.54, 1.807) is 7.11 Å². The minimum Gasteiger partial charge on any atom is -0.497 e. The predicted octanol–water partition coefficient (Wildman–Crippen LogP) is 2.46. The fourth-order valence-electron chi connectivity index (χ4n) is 3.34. The first-order valence-corrected chi connectivity index (χ1v) is 9.37. The van der Waals surface area contributed by atoms with Gasteiger partial charge in [0.2, 0.25) is 0 Å². The SMILES string of the molecule is CC/C(=C\c1cccc(OC)c1)C(=O)N1CCC=C(N2CCOCC2)C1=O. The fraction of sp³-hybridized carbons (Fsp3) is 0.429. The van der Waals surface area contributed by atoms with Crippen molar-refractivity contribution >= 4 is 17.9 Å². The number of morpholine rings is 1. The Kier molecular flexibility index (Phi) is 6.29. The molecule has 1 aromatic rings. The van der Waals surface area contributed by atoms with Gasteiger partial charge in [-0.25, -0.2) is 0 Å². The minimum absolute atomic E-state index is 0.210. The number of methoxy groups -OCH3 is 1. The summed E-state index contributed by atoms with van der Waals surface area (Å²) in [6.45, 7) is 4.92. The van der Waals surface area contributed by atoms with Gasteiger partial charge in [-0.3, -0.25) is 14.5 Å². The van der Waals surface area contributed by atoms with Crippen LogP contribution in [0.2, 0.25) is 0 Å². The highest BCUT2D eigenvalue weighted by molar-refractivity contribution is 6.11. The summed E-state index contributed by atoms with van der Waals surface area (Å²) >= 11 is 0. The first kappa shape index (κ1) is 19.2. The van der Waals surface area contributed by atoms with E-state index in [0.29, 0.717) is 57.0 Å². The Hall–Kier alpha value is -2.60. The second-order valence-corrected chi connectivity index (χ2v) is 6.54. The zero-order valence-corrected chi connectivity index (χ0v) is 15.9. The highest BCUT2D eigenvalue weighted by Gasteiger charge is 2.32. The summed E-state index contributed by atoms with van der Waals surface area (Å²) in [6.07, 6.45) is 5.01. The second-order valence-electron chi connectivity index (χ2n) is 6.54. The minimum atomic E-state index is -0.218. The van der Waals surface area contributed by atoms with Crippen LogP contribution in [0, 0.1) is 0 Å². The van der Waals surface area contributed by atoms with Crippen molar-refractivity contribution in [2.45, 2.75) is 19.8 Å². The quantitative estimate of drug-likeness (QED) is 0.745. The molecule has 0 aromatic heterocycles. The molecule has 0 N–H and O–H groups in total. The van der Waals surface area contributed by atoms with Gasteiger partial charge in [-0.15, -0.1) is 0 Å². The third kappa shape index (κ3) is 4.39. The Morgan fingerprint density at radius 1 is 1.26 bits per heavy atom. The van der Waals surface area contributed by atoms with Crippen molar-refractivity contribution < 1.29 is 19.1 Å². The van der Waals surface area contributed by atoms with Gasteiger partial charge >= 0.3 is 0 Å². The van der Waals surface area contributed by atoms with Gasteiger partial charge in [0, 0.05) is 25.2 Å². The molecule has 0 atom stereocenters. The molecule has 2 heterocycles. The Balaban J connectivity index is 1.79. The number of carbonyl (C=O) groups is 2. The lowest BCUT2D eigenvalue weighted by molar-refractivity contribution is -0.142. The van der Waals surface area contributed by atoms with Gasteiger partial charge in [0.05, 0.1) is 26.0 Å². The molecular weight excluding hydrogens is 344 g/mol. The van der Waals surface area contributed by atoms with Crippen molar-refractivity contribution in [2.75, 3.05) is 40.0 Å². The number of rotatable bonds is 5. The summed E-state index contributed by atoms with van der Waals surface area (Å²) in [5.41, 5.74) is 2.11. The molecule has 6 nitrogen and oxygen atoms in total. The molecule has 0 spiro atoms. The lowest BCUT2D eigenvalue weighted by Crippen LogP contribution is -2.47. The first-order valence-electron chi connectivity index (χ1n) is 9.37. The van der Waals surface area contributed by atoms with Gasteiger partial charge in [0.15, 0.2) is 0 Å². The second kappa shape index (κ2) is 8.86. The van der Waals surface area contributed by atoms with Crippen LogP contribution in [0.1, 0.15) is 25.3 Å². The van der Waals surface area contributed by atoms with Gasteiger partial charge < -0.3 is 14.4 Å². The Morgan fingerprint density at radius 3 is 2.74 bits per heavy atom. The molecule has 3 rings (SSSR count). The highest BCUT2D eigenvalue weighted by atomic mass is 16.5. The molecular formula is C21H26N2O4. The number of ether oxygens (including phenoxy) is 2. The highest BCUT2D eigenvalue weighted by Crippen LogP contribution is 2.22. The molecule has 0 aliphatic carbocycles. The van der Waals surface area contributed by atoms with Gasteiger partial charge in [0.25, 0.3) is 11.8 Å². The molecule has 0 unspecified atom stereocenters. The van der Waals surface area contributed by atoms with Gasteiger partial charge in [0.1, 0.15) is 5.75 Å². The van der Waals surface area contributed by atoms with Gasteiger partial charge in [-0.05, 0) is 36.6 Å². The Labute approximate surface area is 160 Å². The summed E-state index contributed by atoms with van der Waals surface area (Å²) in [5.74, 6) is 0.306. The maximum atomic E-state index is 13.1. The zero-order chi connectivity index (χ0) is 19.2. The lowest BCUT2D eigenvalue weighted by atomic mass is 10.1. The molecule has 1 aromatic carbocycles. The fourth-order valence-corrected chi connectivity index (χ4v) is 3.34. The van der Waals surface area contributed by atoms with Crippen LogP contribution in [-0.2, 0) is 14.3 Å². The Bertz CT molecular complexity index is 763. The van der Waals surface area contributed by atoms with Crippen LogP contribution >= 0.6 is 0 Å². The van der Waals surface area contributed by atoms with E-state index in [0.717, 1.165) is 11.3 Å². The molecule has 6 heteroatoms. The maximum absolute atomic E-state index is 13.1. The third-order valence-corrected chi connectivity index (χ3v) is 4.84. The smallest absolute Gasteiger partial charge is 0.276 e. The summed E-state index contributed by atoms with van der Waals surface area (Å²) in [7, 11) is 1.61. The topological polar surface area (TPSA) is 59.1 Å². The molecule has 0 saturated carbocycles. The summed E-state index contributed by atoms with van der Waals surface area (Å²) in [4.78, 5) is 29.4. The average molecular weight is 370 g/mol.